The van der Waals surface area contributed by atoms with Gasteiger partial charge in [0.15, 0.2) is 0 Å². The summed E-state index contributed by atoms with van der Waals surface area (Å²) in [6, 6.07) is 0. The minimum atomic E-state index is 0.299. The first kappa shape index (κ1) is 11.0. The Bertz CT molecular complexity index is 270. The number of aromatic nitrogens is 2. The lowest BCUT2D eigenvalue weighted by Gasteiger charge is -2.03. The third kappa shape index (κ3) is 3.03. The van der Waals surface area contributed by atoms with E-state index in [-0.39, 0.29) is 0 Å². The van der Waals surface area contributed by atoms with Crippen LogP contribution in [0.3, 0.4) is 0 Å². The lowest BCUT2D eigenvalue weighted by Crippen LogP contribution is -2.03. The van der Waals surface area contributed by atoms with Crippen LogP contribution < -0.4 is 5.73 Å². The molecule has 0 bridgehead atoms. The number of anilines is 1. The van der Waals surface area contributed by atoms with E-state index in [1.165, 1.54) is 0 Å². The zero-order valence-corrected chi connectivity index (χ0v) is 8.74. The van der Waals surface area contributed by atoms with Crippen LogP contribution in [0.1, 0.15) is 31.4 Å². The molecule has 0 aliphatic heterocycles. The Morgan fingerprint density at radius 3 is 2.64 bits per heavy atom. The SMILES string of the molecule is Cc1c(N)cnn1CCCCCCO. The molecule has 0 amide bonds. The Morgan fingerprint density at radius 2 is 2.07 bits per heavy atom. The van der Waals surface area contributed by atoms with E-state index in [4.69, 9.17) is 10.8 Å². The summed E-state index contributed by atoms with van der Waals surface area (Å²) in [5.41, 5.74) is 7.49. The maximum absolute atomic E-state index is 8.60. The highest BCUT2D eigenvalue weighted by molar-refractivity contribution is 5.39. The molecule has 1 heterocycles. The highest BCUT2D eigenvalue weighted by atomic mass is 16.2. The molecule has 1 rings (SSSR count). The quantitative estimate of drug-likeness (QED) is 0.676. The molecule has 0 atom stereocenters. The predicted octanol–water partition coefficient (Wildman–Crippen LogP) is 1.33. The number of hydrogen-bond acceptors (Lipinski definition) is 3. The molecule has 0 saturated heterocycles. The van der Waals surface area contributed by atoms with Crippen molar-refractivity contribution in [3.05, 3.63) is 11.9 Å². The fourth-order valence-electron chi connectivity index (χ4n) is 1.41. The number of aliphatic hydroxyl groups excluding tert-OH is 1. The molecular formula is C10H19N3O. The lowest BCUT2D eigenvalue weighted by atomic mass is 10.2. The van der Waals surface area contributed by atoms with E-state index in [9.17, 15) is 0 Å². The smallest absolute Gasteiger partial charge is 0.0730 e. The van der Waals surface area contributed by atoms with Crippen LogP contribution in [0.15, 0.2) is 6.20 Å². The summed E-state index contributed by atoms with van der Waals surface area (Å²) in [6.45, 7) is 3.21. The van der Waals surface area contributed by atoms with Gasteiger partial charge in [-0.3, -0.25) is 4.68 Å². The Balaban J connectivity index is 2.21. The number of nitrogens with two attached hydrogens (primary N) is 1. The molecule has 0 aliphatic rings. The van der Waals surface area contributed by atoms with Crippen molar-refractivity contribution in [3.8, 4) is 0 Å². The average Bonchev–Trinajstić information content (AvgIpc) is 2.49. The number of rotatable bonds is 6. The first-order valence-corrected chi connectivity index (χ1v) is 5.14. The van der Waals surface area contributed by atoms with Crippen molar-refractivity contribution in [2.45, 2.75) is 39.2 Å². The van der Waals surface area contributed by atoms with Crippen molar-refractivity contribution >= 4 is 5.69 Å². The average molecular weight is 197 g/mol. The van der Waals surface area contributed by atoms with E-state index in [1.54, 1.807) is 6.20 Å². The second-order valence-corrected chi connectivity index (χ2v) is 3.55. The molecule has 80 valence electrons. The number of hydrogen-bond donors (Lipinski definition) is 2. The standard InChI is InChI=1S/C10H19N3O/c1-9-10(11)8-12-13(9)6-4-2-3-5-7-14/h8,14H,2-7,11H2,1H3. The first-order valence-electron chi connectivity index (χ1n) is 5.14. The molecule has 0 radical (unpaired) electrons. The highest BCUT2D eigenvalue weighted by Crippen LogP contribution is 2.10. The summed E-state index contributed by atoms with van der Waals surface area (Å²) in [5.74, 6) is 0. The monoisotopic (exact) mass is 197 g/mol. The van der Waals surface area contributed by atoms with Crippen molar-refractivity contribution in [1.29, 1.82) is 0 Å². The Hall–Kier alpha value is -1.03. The Kier molecular flexibility index (Phi) is 4.46. The van der Waals surface area contributed by atoms with Crippen LogP contribution in [-0.4, -0.2) is 21.5 Å². The zero-order valence-electron chi connectivity index (χ0n) is 8.74. The molecule has 0 saturated carbocycles. The van der Waals surface area contributed by atoms with Crippen LogP contribution in [0.25, 0.3) is 0 Å². The maximum atomic E-state index is 8.60. The van der Waals surface area contributed by atoms with Crippen molar-refractivity contribution in [3.63, 3.8) is 0 Å². The third-order valence-electron chi connectivity index (χ3n) is 2.42. The predicted molar refractivity (Wildman–Crippen MR) is 56.9 cm³/mol. The van der Waals surface area contributed by atoms with E-state index >= 15 is 0 Å². The van der Waals surface area contributed by atoms with Gasteiger partial charge < -0.3 is 10.8 Å². The van der Waals surface area contributed by atoms with Gasteiger partial charge in [0.25, 0.3) is 0 Å². The topological polar surface area (TPSA) is 64.1 Å². The summed E-state index contributed by atoms with van der Waals surface area (Å²) >= 11 is 0. The molecule has 3 N–H and O–H groups in total. The van der Waals surface area contributed by atoms with Gasteiger partial charge in [0, 0.05) is 13.2 Å². The van der Waals surface area contributed by atoms with E-state index in [1.807, 2.05) is 11.6 Å². The molecule has 0 aliphatic carbocycles. The third-order valence-corrected chi connectivity index (χ3v) is 2.42. The summed E-state index contributed by atoms with van der Waals surface area (Å²) in [5, 5.41) is 12.8. The van der Waals surface area contributed by atoms with Crippen LogP contribution in [0.2, 0.25) is 0 Å². The summed E-state index contributed by atoms with van der Waals surface area (Å²) in [6.07, 6.45) is 5.93. The highest BCUT2D eigenvalue weighted by Gasteiger charge is 2.01. The molecule has 14 heavy (non-hydrogen) atoms. The molecule has 0 spiro atoms. The molecule has 0 unspecified atom stereocenters. The number of nitrogen functional groups attached to an aromatic ring is 1. The van der Waals surface area contributed by atoms with Gasteiger partial charge in [-0.1, -0.05) is 12.8 Å². The second-order valence-electron chi connectivity index (χ2n) is 3.55. The van der Waals surface area contributed by atoms with Gasteiger partial charge in [-0.05, 0) is 19.8 Å². The molecular weight excluding hydrogens is 178 g/mol. The molecule has 4 nitrogen and oxygen atoms in total. The van der Waals surface area contributed by atoms with Crippen LogP contribution in [-0.2, 0) is 6.54 Å². The molecule has 0 aromatic carbocycles. The summed E-state index contributed by atoms with van der Waals surface area (Å²) in [4.78, 5) is 0. The van der Waals surface area contributed by atoms with Gasteiger partial charge in [-0.2, -0.15) is 5.10 Å². The van der Waals surface area contributed by atoms with Gasteiger partial charge >= 0.3 is 0 Å². The number of aliphatic hydroxyl groups is 1. The first-order chi connectivity index (χ1) is 6.75. The Labute approximate surface area is 84.7 Å². The fraction of sp³-hybridized carbons (Fsp3) is 0.700. The normalized spacial score (nSPS) is 10.7. The largest absolute Gasteiger partial charge is 0.396 e. The van der Waals surface area contributed by atoms with Crippen LogP contribution in [0.4, 0.5) is 5.69 Å². The summed E-state index contributed by atoms with van der Waals surface area (Å²) < 4.78 is 1.94. The minimum Gasteiger partial charge on any atom is -0.396 e. The number of aryl methyl sites for hydroxylation is 1. The van der Waals surface area contributed by atoms with E-state index in [2.05, 4.69) is 5.10 Å². The molecule has 1 aromatic rings. The second kappa shape index (κ2) is 5.65. The van der Waals surface area contributed by atoms with E-state index in [0.717, 1.165) is 43.6 Å². The van der Waals surface area contributed by atoms with Crippen molar-refractivity contribution < 1.29 is 5.11 Å². The van der Waals surface area contributed by atoms with Crippen LogP contribution in [0.5, 0.6) is 0 Å². The van der Waals surface area contributed by atoms with Gasteiger partial charge in [-0.25, -0.2) is 0 Å². The van der Waals surface area contributed by atoms with E-state index < -0.39 is 0 Å². The van der Waals surface area contributed by atoms with Gasteiger partial charge in [0.2, 0.25) is 0 Å². The Morgan fingerprint density at radius 1 is 1.36 bits per heavy atom. The molecule has 1 aromatic heterocycles. The maximum Gasteiger partial charge on any atom is 0.0730 e. The fourth-order valence-corrected chi connectivity index (χ4v) is 1.41. The van der Waals surface area contributed by atoms with Crippen molar-refractivity contribution in [2.75, 3.05) is 12.3 Å². The number of nitrogens with zero attached hydrogens (tertiary/aromatic N) is 2. The number of unbranched alkanes of at least 4 members (excludes halogenated alkanes) is 3. The van der Waals surface area contributed by atoms with Crippen molar-refractivity contribution in [1.82, 2.24) is 9.78 Å². The van der Waals surface area contributed by atoms with Gasteiger partial charge in [-0.15, -0.1) is 0 Å². The van der Waals surface area contributed by atoms with Crippen molar-refractivity contribution in [2.24, 2.45) is 0 Å². The minimum absolute atomic E-state index is 0.299. The molecule has 4 heteroatoms. The van der Waals surface area contributed by atoms with E-state index in [0.29, 0.717) is 6.61 Å². The van der Waals surface area contributed by atoms with Gasteiger partial charge in [0.05, 0.1) is 17.6 Å². The zero-order chi connectivity index (χ0) is 10.4. The van der Waals surface area contributed by atoms with Crippen LogP contribution >= 0.6 is 0 Å². The lowest BCUT2D eigenvalue weighted by molar-refractivity contribution is 0.282. The van der Waals surface area contributed by atoms with Gasteiger partial charge in [0.1, 0.15) is 0 Å². The summed E-state index contributed by atoms with van der Waals surface area (Å²) in [7, 11) is 0. The molecule has 0 fully saturated rings. The van der Waals surface area contributed by atoms with Crippen LogP contribution in [0, 0.1) is 6.92 Å².